The molecule has 0 radical (unpaired) electrons. The quantitative estimate of drug-likeness (QED) is 0.00387. The van der Waals surface area contributed by atoms with Crippen LogP contribution in [0.1, 0.15) is 355 Å². The van der Waals surface area contributed by atoms with Gasteiger partial charge >= 0.3 is 144 Å². The molecule has 29 nitrogen and oxygen atoms in total. The predicted octanol–water partition coefficient (Wildman–Crippen LogP) is 22.2. The molecular formula is C103H172Cl5F6KN7NaO22PS-. The number of pyridine rings is 5. The van der Waals surface area contributed by atoms with Crippen molar-refractivity contribution in [1.82, 2.24) is 29.8 Å². The maximum atomic E-state index is 12.3. The molecule has 0 spiro atoms. The van der Waals surface area contributed by atoms with E-state index in [1.165, 1.54) is 92.6 Å². The molecule has 4 aliphatic rings. The van der Waals surface area contributed by atoms with Gasteiger partial charge in [0, 0.05) is 141 Å². The van der Waals surface area contributed by atoms with Gasteiger partial charge in [0.2, 0.25) is 0 Å². The van der Waals surface area contributed by atoms with E-state index in [4.69, 9.17) is 116 Å². The zero-order valence-corrected chi connectivity index (χ0v) is 95.5. The molecule has 2 aliphatic heterocycles. The number of rotatable bonds is 26. The number of carboxylic acids is 3. The van der Waals surface area contributed by atoms with E-state index in [1.54, 1.807) is 69.0 Å². The van der Waals surface area contributed by atoms with Crippen LogP contribution in [-0.4, -0.2) is 196 Å². The summed E-state index contributed by atoms with van der Waals surface area (Å²) in [6, 6.07) is 15.8. The van der Waals surface area contributed by atoms with Gasteiger partial charge in [-0.3, -0.25) is 54.6 Å². The fraction of sp³-hybridized carbons (Fsp3) is 0.592. The Bertz CT molecular complexity index is 4690. The number of ketones is 1. The van der Waals surface area contributed by atoms with E-state index in [0.29, 0.717) is 63.7 Å². The van der Waals surface area contributed by atoms with Gasteiger partial charge in [-0.25, -0.2) is 9.37 Å². The fourth-order valence-corrected chi connectivity index (χ4v) is 13.3. The second-order valence-electron chi connectivity index (χ2n) is 31.6. The molecule has 0 saturated carbocycles. The second-order valence-corrected chi connectivity index (χ2v) is 37.3. The summed E-state index contributed by atoms with van der Waals surface area (Å²) in [4.78, 5) is 117. The van der Waals surface area contributed by atoms with Gasteiger partial charge in [-0.15, -0.1) is 0 Å². The van der Waals surface area contributed by atoms with E-state index in [0.717, 1.165) is 133 Å². The number of hydrogen-bond donors (Lipinski definition) is 5. The number of halogens is 11. The van der Waals surface area contributed by atoms with E-state index in [2.05, 4.69) is 91.1 Å². The maximum absolute atomic E-state index is 12.3. The average molecular weight is 2280 g/mol. The number of fused-ring (bicyclic) bond motifs is 2. The molecule has 6 aromatic rings. The van der Waals surface area contributed by atoms with Crippen LogP contribution in [0.5, 0.6) is 0 Å². The third-order valence-corrected chi connectivity index (χ3v) is 22.1. The predicted molar refractivity (Wildman–Crippen MR) is 573 cm³/mol. The molecule has 1 aromatic carbocycles. The number of aromatic nitrogens is 5. The number of carboxylic acid groups (broad SMARTS) is 3. The molecule has 7 heterocycles. The van der Waals surface area contributed by atoms with Crippen molar-refractivity contribution in [3.63, 3.8) is 0 Å². The number of benzene rings is 1. The molecule has 2 aliphatic carbocycles. The van der Waals surface area contributed by atoms with E-state index in [9.17, 15) is 62.4 Å². The Balaban J connectivity index is -0.0000000919. The number of nitrogens with zero attached hydrogens (tertiary/aromatic N) is 7. The first kappa shape index (κ1) is 174. The molecular weight excluding hydrogens is 2100 g/mol. The van der Waals surface area contributed by atoms with E-state index in [1.807, 2.05) is 97.7 Å². The van der Waals surface area contributed by atoms with Crippen molar-refractivity contribution in [2.75, 3.05) is 67.8 Å². The van der Waals surface area contributed by atoms with Gasteiger partial charge in [0.25, 0.3) is 16.1 Å². The number of esters is 1. The third-order valence-electron chi connectivity index (χ3n) is 19.8. The summed E-state index contributed by atoms with van der Waals surface area (Å²) in [5.41, 5.74) is 11.8. The first-order valence-corrected chi connectivity index (χ1v) is 49.9. The minimum Gasteiger partial charge on any atom is -1.00 e. The molecule has 5 aromatic heterocycles. The molecule has 147 heavy (non-hydrogen) atoms. The standard InChI is InChI=1S/C17H20ClNO3S.C11H13NO2.C10H14ClNO.C10H12ClN.C10H14ClN.C7H14ClN2.C7H14O.C5H7O3.C5H10O2.C4H8O3.2C4H8O.2CO2.7CH4.F6P.K.Na.H2O.H/c1-4-13(3)17-14(9-15(18)10-19-17)11-22-23(20,21)16-7-5-12(2)6-8-16;1-2-7-3-4-8-5-9(11(13)14)6-12-10(7)8;1-3-7(2)10-8(6-13)4-9(11)5-12-10;1-2-7-3-4-8-5-9(11)6-12-10(7)8;1-4-7(2)10-8(3)5-9(11)6-12-10;1-9(2)5-7(8)6-10(3)4;1-4-6(3)7(8)5-2;1-2-8-5(7)3-4-6;1-3-4(2)5(6)7;1-3(2-5)4(6)7;2*1-2-4-5-3-1;2*2-1-3;;;;;;;;1-7(2,3,4,5)6;;;;/h5-10,13H,4,11H2,1-3H3;5-7H,2-4H2,1H3,(H,13,14);4-5,7,13H,3,6H2,1-2H3;5-7H,2-4H2,1H3;5-7H,4H2,1-3H3;5-6H,1-4H3;6H,4-5H2,1-3H3;2-3H2,1H3;4H,3H2,1-2H3,(H,6,7);3,5H,2H2,1H3,(H,6,7);2*1-4H2;;;7*1H4;;;;1H2;/q;;;;;+1;;-1;;;;;;;;;;;;;;-1;2*+1;;-1/p-1/t13-;4*7-;;6-;;4-;3-;;;;;;;;;;;;;;;;/m01010.0.00................/s1. The van der Waals surface area contributed by atoms with Crippen LogP contribution >= 0.6 is 65.8 Å². The fourth-order valence-electron chi connectivity index (χ4n) is 11.3. The molecule has 10 rings (SSSR count). The van der Waals surface area contributed by atoms with Crippen molar-refractivity contribution in [2.45, 2.75) is 327 Å². The van der Waals surface area contributed by atoms with Crippen molar-refractivity contribution < 1.29 is 218 Å². The molecule has 0 unspecified atom stereocenters. The molecule has 8 atom stereocenters. The topological polar surface area (TPSA) is 444 Å². The number of Topliss-reactive ketones (excluding diaryl/α,β-unsaturated/α-hetero) is 1. The van der Waals surface area contributed by atoms with E-state index in [-0.39, 0.29) is 201 Å². The smallest absolute Gasteiger partial charge is 1.00 e. The Labute approximate surface area is 965 Å². The van der Waals surface area contributed by atoms with E-state index >= 15 is 0 Å². The number of aliphatic hydroxyl groups is 2. The average Bonchev–Trinajstić information content (AvgIpc) is 1.11. The normalized spacial score (nSPS) is 13.9. The van der Waals surface area contributed by atoms with Crippen LogP contribution in [0, 0.1) is 31.6 Å². The Morgan fingerprint density at radius 2 is 0.939 bits per heavy atom. The van der Waals surface area contributed by atoms with Crippen LogP contribution in [0.15, 0.2) is 102 Å². The number of aliphatic carboxylic acids is 2. The summed E-state index contributed by atoms with van der Waals surface area (Å²) in [5, 5.41) is 45.5. The number of carbonyl (C=O) groups is 5. The second kappa shape index (κ2) is 97.0. The van der Waals surface area contributed by atoms with Crippen molar-refractivity contribution in [1.29, 1.82) is 0 Å². The van der Waals surface area contributed by atoms with Gasteiger partial charge in [-0.1, -0.05) is 224 Å². The SMILES string of the molecule is C.C.C.C.C.C.C.C1CCOC1.C1CCOC1.CCC(=O)[C@@H](C)CC.CCOC(=O)C[C-]=O.CC[C@@H]1CCc2cc(C(=O)O)cnc21.CC[C@@H]1CCc2cc(Cl)cnc21.CC[C@H](C)C(=O)O.CC[C@H](C)c1ncc(Cl)cc1C.CC[C@H](C)c1ncc(Cl)cc1CO.CC[C@H](C)c1ncc(Cl)cc1COS(=O)(=O)c1ccc(C)cc1.CN(C)/C=C(\Cl)C=[N+](C)C.C[C@@H](CO)C(=O)O.F[P-](F)(F)(F)(F)F.O=C=O.O=C=O.[H-].[K+].[Na+].[OH-]. The van der Waals surface area contributed by atoms with Crippen LogP contribution in [0.25, 0.3) is 0 Å². The number of aliphatic hydroxyl groups excluding tert-OH is 2. The van der Waals surface area contributed by atoms with E-state index < -0.39 is 47.7 Å². The van der Waals surface area contributed by atoms with Crippen molar-refractivity contribution in [3.8, 4) is 0 Å². The van der Waals surface area contributed by atoms with Gasteiger partial charge in [-0.05, 0) is 201 Å². The zero-order chi connectivity index (χ0) is 106. The number of hydrogen-bond acceptors (Lipinski definition) is 25. The minimum absolute atomic E-state index is 0. The molecule has 2 fully saturated rings. The first-order chi connectivity index (χ1) is 63.9. The van der Waals surface area contributed by atoms with Gasteiger partial charge in [0.05, 0.1) is 68.8 Å². The Morgan fingerprint density at radius 1 is 0.578 bits per heavy atom. The molecule has 842 valence electrons. The van der Waals surface area contributed by atoms with Gasteiger partial charge in [0.1, 0.15) is 24.9 Å². The summed E-state index contributed by atoms with van der Waals surface area (Å²) in [5.74, 6) is -0.889. The van der Waals surface area contributed by atoms with Gasteiger partial charge in [0.15, 0.2) is 6.21 Å². The number of aryl methyl sites for hydroxylation is 4. The van der Waals surface area contributed by atoms with Gasteiger partial charge < -0.3 is 56.3 Å². The summed E-state index contributed by atoms with van der Waals surface area (Å²) < 4.78 is 105. The Morgan fingerprint density at radius 3 is 1.24 bits per heavy atom. The first-order valence-electron chi connectivity index (χ1n) is 44.6. The number of ether oxygens (including phenoxy) is 3. The number of aromatic carboxylic acids is 1. The zero-order valence-electron chi connectivity index (χ0n) is 85.9. The number of carbonyl (C=O) groups excluding carboxylic acids is 7. The largest absolute Gasteiger partial charge is 1.00 e. The molecule has 0 bridgehead atoms. The van der Waals surface area contributed by atoms with Crippen LogP contribution < -0.4 is 80.9 Å². The monoisotopic (exact) mass is 2270 g/mol. The van der Waals surface area contributed by atoms with Crippen LogP contribution in [-0.2, 0) is 97.7 Å². The van der Waals surface area contributed by atoms with Crippen LogP contribution in [0.4, 0.5) is 25.2 Å². The third kappa shape index (κ3) is 91.1. The summed E-state index contributed by atoms with van der Waals surface area (Å²) >= 11 is 29.2. The Kier molecular flexibility index (Phi) is 115. The molecule has 0 amide bonds. The molecule has 44 heteroatoms. The maximum Gasteiger partial charge on any atom is 1.00 e. The van der Waals surface area contributed by atoms with Crippen LogP contribution in [0.3, 0.4) is 0 Å². The summed E-state index contributed by atoms with van der Waals surface area (Å²) in [6.45, 7) is 37.5. The van der Waals surface area contributed by atoms with Crippen LogP contribution in [0.2, 0.25) is 20.1 Å². The summed E-state index contributed by atoms with van der Waals surface area (Å²) in [7, 11) is -6.72. The summed E-state index contributed by atoms with van der Waals surface area (Å²) in [6.07, 6.45) is 30.8. The number of allylic oxidation sites excluding steroid dienone is 1. The minimum atomic E-state index is -10.7. The Hall–Kier alpha value is -6.03. The van der Waals surface area contributed by atoms with Crippen molar-refractivity contribution in [3.05, 3.63) is 184 Å². The molecule has 6 N–H and O–H groups in total. The molecule has 2 saturated heterocycles. The van der Waals surface area contributed by atoms with Crippen molar-refractivity contribution >= 4 is 130 Å². The van der Waals surface area contributed by atoms with Gasteiger partial charge in [-0.2, -0.15) is 27.6 Å². The van der Waals surface area contributed by atoms with Crippen molar-refractivity contribution in [2.24, 2.45) is 17.8 Å².